The van der Waals surface area contributed by atoms with Crippen LogP contribution < -0.4 is 4.73 Å². The first kappa shape index (κ1) is 15.3. The van der Waals surface area contributed by atoms with Crippen molar-refractivity contribution in [1.82, 2.24) is 4.73 Å². The molecule has 4 aromatic rings. The summed E-state index contributed by atoms with van der Waals surface area (Å²) >= 11 is 1.31. The number of carbonyl (C=O) groups is 1. The highest BCUT2D eigenvalue weighted by molar-refractivity contribution is 7.12. The average molecular weight is 354 g/mol. The van der Waals surface area contributed by atoms with Crippen molar-refractivity contribution >= 4 is 28.2 Å². The van der Waals surface area contributed by atoms with Gasteiger partial charge >= 0.3 is 5.82 Å². The van der Waals surface area contributed by atoms with Crippen LogP contribution in [0.25, 0.3) is 22.4 Å². The fourth-order valence-corrected chi connectivity index (χ4v) is 3.42. The van der Waals surface area contributed by atoms with Crippen LogP contribution in [-0.4, -0.2) is 15.7 Å². The summed E-state index contributed by atoms with van der Waals surface area (Å²) in [6.45, 7) is 0. The lowest BCUT2D eigenvalue weighted by Crippen LogP contribution is -2.28. The minimum absolute atomic E-state index is 0.116. The highest BCUT2D eigenvalue weighted by Gasteiger charge is 2.25. The molecule has 2 aromatic heterocycles. The number of hydrogen-bond acceptors (Lipinski definition) is 4. The highest BCUT2D eigenvalue weighted by atomic mass is 32.1. The van der Waals surface area contributed by atoms with Gasteiger partial charge in [0.05, 0.1) is 10.4 Å². The van der Waals surface area contributed by atoms with Crippen LogP contribution in [0.15, 0.2) is 60.0 Å². The van der Waals surface area contributed by atoms with Crippen molar-refractivity contribution in [2.45, 2.75) is 0 Å². The normalized spacial score (nSPS) is 11.1. The van der Waals surface area contributed by atoms with E-state index < -0.39 is 5.82 Å². The lowest BCUT2D eigenvalue weighted by molar-refractivity contribution is -0.567. The molecule has 25 heavy (non-hydrogen) atoms. The number of benzene rings is 2. The molecule has 1 N–H and O–H groups in total. The van der Waals surface area contributed by atoms with E-state index in [4.69, 9.17) is 0 Å². The van der Waals surface area contributed by atoms with Crippen molar-refractivity contribution in [2.75, 3.05) is 0 Å². The number of thiophene rings is 1. The number of imidazole rings is 1. The largest absolute Gasteiger partial charge is 0.710 e. The van der Waals surface area contributed by atoms with E-state index in [1.165, 1.54) is 41.7 Å². The number of aromatic nitrogens is 2. The van der Waals surface area contributed by atoms with Crippen molar-refractivity contribution in [3.8, 4) is 11.4 Å². The molecule has 0 atom stereocenters. The van der Waals surface area contributed by atoms with Gasteiger partial charge in [-0.25, -0.2) is 9.12 Å². The zero-order valence-electron chi connectivity index (χ0n) is 12.7. The molecule has 0 bridgehead atoms. The maximum absolute atomic E-state index is 13.5. The molecule has 2 aromatic carbocycles. The summed E-state index contributed by atoms with van der Waals surface area (Å²) in [5.74, 6) is -0.832. The number of halogens is 1. The number of rotatable bonds is 3. The van der Waals surface area contributed by atoms with Gasteiger partial charge in [-0.1, -0.05) is 12.1 Å². The summed E-state index contributed by atoms with van der Waals surface area (Å²) in [6.07, 6.45) is 0. The molecule has 0 amide bonds. The first-order valence-electron chi connectivity index (χ1n) is 7.37. The number of nitrogens with zero attached hydrogens (tertiary/aromatic N) is 2. The monoisotopic (exact) mass is 354 g/mol. The zero-order chi connectivity index (χ0) is 17.6. The van der Waals surface area contributed by atoms with Gasteiger partial charge in [0, 0.05) is 11.6 Å². The van der Waals surface area contributed by atoms with E-state index in [0.29, 0.717) is 19.9 Å². The molecule has 5 nitrogen and oxygen atoms in total. The van der Waals surface area contributed by atoms with Crippen LogP contribution in [-0.2, 0) is 0 Å². The summed E-state index contributed by atoms with van der Waals surface area (Å²) in [6, 6.07) is 13.3. The lowest BCUT2D eigenvalue weighted by atomic mass is 10.1. The van der Waals surface area contributed by atoms with Crippen LogP contribution in [0.5, 0.6) is 0 Å². The molecule has 0 aliphatic carbocycles. The molecule has 0 aliphatic heterocycles. The summed E-state index contributed by atoms with van der Waals surface area (Å²) in [5.41, 5.74) is 0.942. The summed E-state index contributed by atoms with van der Waals surface area (Å²) in [4.78, 5) is 13.0. The summed E-state index contributed by atoms with van der Waals surface area (Å²) < 4.78 is 14.7. The van der Waals surface area contributed by atoms with Crippen molar-refractivity contribution in [1.29, 1.82) is 0 Å². The Bertz CT molecular complexity index is 1100. The minimum Gasteiger partial charge on any atom is -0.710 e. The predicted octanol–water partition coefficient (Wildman–Crippen LogP) is 3.61. The van der Waals surface area contributed by atoms with Crippen LogP contribution in [0, 0.1) is 11.0 Å². The Morgan fingerprint density at radius 3 is 2.72 bits per heavy atom. The lowest BCUT2D eigenvalue weighted by Gasteiger charge is -2.03. The van der Waals surface area contributed by atoms with E-state index in [1.54, 1.807) is 23.6 Å². The molecule has 4 rings (SSSR count). The fraction of sp³-hybridized carbons (Fsp3) is 0. The van der Waals surface area contributed by atoms with E-state index in [2.05, 4.69) is 0 Å². The summed E-state index contributed by atoms with van der Waals surface area (Å²) in [5, 5.41) is 24.7. The Hall–Kier alpha value is -3.19. The van der Waals surface area contributed by atoms with Crippen LogP contribution in [0.2, 0.25) is 0 Å². The maximum Gasteiger partial charge on any atom is 0.332 e. The van der Waals surface area contributed by atoms with Crippen LogP contribution in [0.3, 0.4) is 0 Å². The van der Waals surface area contributed by atoms with Gasteiger partial charge in [0.2, 0.25) is 11.3 Å². The Labute approximate surface area is 145 Å². The van der Waals surface area contributed by atoms with Crippen LogP contribution >= 0.6 is 11.3 Å². The van der Waals surface area contributed by atoms with Gasteiger partial charge in [-0.2, -0.15) is 0 Å². The fourth-order valence-electron chi connectivity index (χ4n) is 2.74. The van der Waals surface area contributed by atoms with Crippen molar-refractivity contribution in [2.24, 2.45) is 0 Å². The molecule has 0 unspecified atom stereocenters. The van der Waals surface area contributed by atoms with Gasteiger partial charge in [0.25, 0.3) is 0 Å². The predicted molar refractivity (Wildman–Crippen MR) is 91.2 cm³/mol. The maximum atomic E-state index is 13.5. The molecular formula is C18H11FN2O3S. The molecular weight excluding hydrogens is 343 g/mol. The second-order valence-electron chi connectivity index (χ2n) is 5.45. The smallest absolute Gasteiger partial charge is 0.332 e. The number of ketones is 1. The first-order chi connectivity index (χ1) is 12.1. The quantitative estimate of drug-likeness (QED) is 0.264. The zero-order valence-corrected chi connectivity index (χ0v) is 13.5. The average Bonchev–Trinajstić information content (AvgIpc) is 3.22. The van der Waals surface area contributed by atoms with Crippen LogP contribution in [0.4, 0.5) is 4.39 Å². The van der Waals surface area contributed by atoms with Gasteiger partial charge in [0.15, 0.2) is 5.52 Å². The molecule has 0 radical (unpaired) electrons. The molecule has 7 heteroatoms. The van der Waals surface area contributed by atoms with E-state index in [-0.39, 0.29) is 28.2 Å². The highest BCUT2D eigenvalue weighted by Crippen LogP contribution is 2.24. The molecule has 0 fully saturated rings. The Morgan fingerprint density at radius 1 is 1.16 bits per heavy atom. The topological polar surface area (TPSA) is 69.2 Å². The van der Waals surface area contributed by atoms with Crippen molar-refractivity contribution in [3.63, 3.8) is 0 Å². The second kappa shape index (κ2) is 5.71. The third-order valence-corrected chi connectivity index (χ3v) is 4.77. The molecule has 2 heterocycles. The number of hydrogen-bond donors (Lipinski definition) is 1. The van der Waals surface area contributed by atoms with Gasteiger partial charge in [-0.05, 0) is 46.5 Å². The summed E-state index contributed by atoms with van der Waals surface area (Å²) in [7, 11) is 0. The Kier molecular flexibility index (Phi) is 3.51. The van der Waals surface area contributed by atoms with E-state index in [9.17, 15) is 19.6 Å². The molecule has 124 valence electrons. The van der Waals surface area contributed by atoms with E-state index in [1.807, 2.05) is 0 Å². The van der Waals surface area contributed by atoms with Gasteiger partial charge in [0.1, 0.15) is 5.82 Å². The van der Waals surface area contributed by atoms with Gasteiger partial charge in [-0.3, -0.25) is 4.79 Å². The standard InChI is InChI=1S/C18H11FN2O3S/c19-13-4-1-3-12(9-13)18-20(23)14-7-6-11(10-15(14)21(18)24)17(22)16-5-2-8-25-16/h1-10,23H. The number of carbonyl (C=O) groups excluding carboxylic acids is 1. The van der Waals surface area contributed by atoms with Gasteiger partial charge in [-0.15, -0.1) is 11.3 Å². The molecule has 0 aliphatic rings. The minimum atomic E-state index is -0.517. The molecule has 0 saturated carbocycles. The number of fused-ring (bicyclic) bond motifs is 1. The Balaban J connectivity index is 1.89. The van der Waals surface area contributed by atoms with Crippen LogP contribution in [0.1, 0.15) is 15.2 Å². The van der Waals surface area contributed by atoms with E-state index >= 15 is 0 Å². The van der Waals surface area contributed by atoms with Gasteiger partial charge < -0.3 is 10.4 Å². The second-order valence-corrected chi connectivity index (χ2v) is 6.40. The molecule has 0 saturated heterocycles. The first-order valence-corrected chi connectivity index (χ1v) is 8.25. The van der Waals surface area contributed by atoms with Crippen molar-refractivity contribution in [3.05, 3.63) is 81.4 Å². The third-order valence-electron chi connectivity index (χ3n) is 3.91. The van der Waals surface area contributed by atoms with Crippen molar-refractivity contribution < 1.29 is 19.1 Å². The molecule has 0 spiro atoms. The SMILES string of the molecule is O=C(c1ccc2c(c1)[n+]([O-])c(-c1cccc(F)c1)n2O)c1cccs1. The Morgan fingerprint density at radius 2 is 2.00 bits per heavy atom. The third kappa shape index (κ3) is 2.45. The van der Waals surface area contributed by atoms with E-state index in [0.717, 1.165) is 6.07 Å².